The Morgan fingerprint density at radius 2 is 1.69 bits per heavy atom. The summed E-state index contributed by atoms with van der Waals surface area (Å²) in [6.45, 7) is 15.3. The van der Waals surface area contributed by atoms with Crippen LogP contribution >= 0.6 is 0 Å². The molecule has 0 fully saturated rings. The highest BCUT2D eigenvalue weighted by molar-refractivity contribution is 6.06. The SMILES string of the molecule is C=C/C=C(\C=C)C(NCC)c1cccc(NC(=O)/C(=C/C(=C)C(F)(F)F)Nc2cccc(CC)c2)c1. The van der Waals surface area contributed by atoms with Crippen LogP contribution < -0.4 is 16.0 Å². The molecule has 4 nitrogen and oxygen atoms in total. The monoisotopic (exact) mass is 495 g/mol. The maximum atomic E-state index is 13.2. The Morgan fingerprint density at radius 3 is 2.28 bits per heavy atom. The molecule has 0 radical (unpaired) electrons. The number of anilines is 2. The molecule has 190 valence electrons. The molecular weight excluding hydrogens is 463 g/mol. The van der Waals surface area contributed by atoms with Gasteiger partial charge in [0, 0.05) is 11.4 Å². The molecule has 2 aromatic carbocycles. The van der Waals surface area contributed by atoms with E-state index in [0.717, 1.165) is 23.1 Å². The fraction of sp³-hybridized carbons (Fsp3) is 0.207. The van der Waals surface area contributed by atoms with Crippen LogP contribution in [0.25, 0.3) is 0 Å². The van der Waals surface area contributed by atoms with Gasteiger partial charge in [-0.05, 0) is 60.0 Å². The number of rotatable bonds is 12. The summed E-state index contributed by atoms with van der Waals surface area (Å²) in [5, 5.41) is 8.89. The second-order valence-corrected chi connectivity index (χ2v) is 7.94. The predicted octanol–water partition coefficient (Wildman–Crippen LogP) is 7.25. The minimum atomic E-state index is -4.67. The summed E-state index contributed by atoms with van der Waals surface area (Å²) in [5.74, 6) is -0.731. The lowest BCUT2D eigenvalue weighted by Crippen LogP contribution is -2.23. The van der Waals surface area contributed by atoms with Crippen LogP contribution in [0.2, 0.25) is 0 Å². The number of allylic oxidation sites excluding steroid dienone is 4. The number of alkyl halides is 3. The summed E-state index contributed by atoms with van der Waals surface area (Å²) in [6, 6.07) is 14.0. The van der Waals surface area contributed by atoms with Gasteiger partial charge in [0.15, 0.2) is 0 Å². The molecule has 0 bridgehead atoms. The summed E-state index contributed by atoms with van der Waals surface area (Å²) in [6.07, 6.45) is 2.00. The van der Waals surface area contributed by atoms with E-state index in [-0.39, 0.29) is 11.7 Å². The van der Waals surface area contributed by atoms with E-state index in [9.17, 15) is 18.0 Å². The molecule has 1 atom stereocenters. The largest absolute Gasteiger partial charge is 0.415 e. The Hall–Kier alpha value is -3.84. The summed E-state index contributed by atoms with van der Waals surface area (Å²) in [4.78, 5) is 13.1. The maximum absolute atomic E-state index is 13.2. The van der Waals surface area contributed by atoms with Crippen LogP contribution in [0.3, 0.4) is 0 Å². The van der Waals surface area contributed by atoms with Crippen molar-refractivity contribution in [2.24, 2.45) is 0 Å². The van der Waals surface area contributed by atoms with Crippen LogP contribution in [0.1, 0.15) is 31.0 Å². The van der Waals surface area contributed by atoms with Crippen LogP contribution in [-0.4, -0.2) is 18.6 Å². The van der Waals surface area contributed by atoms with Crippen molar-refractivity contribution < 1.29 is 18.0 Å². The van der Waals surface area contributed by atoms with Gasteiger partial charge in [0.05, 0.1) is 11.6 Å². The second-order valence-electron chi connectivity index (χ2n) is 7.94. The minimum Gasteiger partial charge on any atom is -0.351 e. The topological polar surface area (TPSA) is 53.2 Å². The second kappa shape index (κ2) is 13.3. The summed E-state index contributed by atoms with van der Waals surface area (Å²) in [5.41, 5.74) is 2.20. The van der Waals surface area contributed by atoms with Crippen molar-refractivity contribution in [3.8, 4) is 0 Å². The number of benzene rings is 2. The molecule has 1 unspecified atom stereocenters. The number of hydrogen-bond donors (Lipinski definition) is 3. The van der Waals surface area contributed by atoms with Crippen LogP contribution in [0.4, 0.5) is 24.5 Å². The summed E-state index contributed by atoms with van der Waals surface area (Å²) in [7, 11) is 0. The van der Waals surface area contributed by atoms with Crippen LogP contribution in [0.15, 0.2) is 109 Å². The number of hydrogen-bond acceptors (Lipinski definition) is 3. The lowest BCUT2D eigenvalue weighted by atomic mass is 9.97. The highest BCUT2D eigenvalue weighted by Gasteiger charge is 2.31. The molecule has 2 aromatic rings. The third-order valence-electron chi connectivity index (χ3n) is 5.31. The van der Waals surface area contributed by atoms with Gasteiger partial charge in [-0.2, -0.15) is 13.2 Å². The molecule has 0 aliphatic rings. The molecule has 0 saturated heterocycles. The number of halogens is 3. The molecule has 0 aliphatic heterocycles. The van der Waals surface area contributed by atoms with Crippen LogP contribution in [-0.2, 0) is 11.2 Å². The Morgan fingerprint density at radius 1 is 1.03 bits per heavy atom. The first-order chi connectivity index (χ1) is 17.1. The van der Waals surface area contributed by atoms with E-state index in [1.165, 1.54) is 0 Å². The van der Waals surface area contributed by atoms with Gasteiger partial charge >= 0.3 is 6.18 Å². The van der Waals surface area contributed by atoms with Crippen molar-refractivity contribution in [1.82, 2.24) is 5.32 Å². The van der Waals surface area contributed by atoms with Crippen LogP contribution in [0, 0.1) is 0 Å². The van der Waals surface area contributed by atoms with E-state index in [4.69, 9.17) is 0 Å². The zero-order valence-corrected chi connectivity index (χ0v) is 20.6. The molecule has 0 saturated carbocycles. The van der Waals surface area contributed by atoms with Crippen molar-refractivity contribution in [1.29, 1.82) is 0 Å². The molecule has 0 aromatic heterocycles. The van der Waals surface area contributed by atoms with Crippen molar-refractivity contribution in [2.75, 3.05) is 17.2 Å². The Labute approximate surface area is 211 Å². The predicted molar refractivity (Wildman–Crippen MR) is 143 cm³/mol. The molecule has 1 amide bonds. The third-order valence-corrected chi connectivity index (χ3v) is 5.31. The standard InChI is InChI=1S/C29H32F3N3O/c1-6-12-22(8-3)27(33-9-4)23-14-11-16-25(19-23)35-28(36)26(17-20(5)29(30,31)32)34-24-15-10-13-21(7-2)18-24/h6,8,10-19,27,33-34H,1,3,5,7,9H2,2,4H3,(H,35,36)/b22-12+,26-17-. The van der Waals surface area contributed by atoms with Gasteiger partial charge in [-0.1, -0.05) is 76.1 Å². The van der Waals surface area contributed by atoms with E-state index >= 15 is 0 Å². The van der Waals surface area contributed by atoms with E-state index in [1.807, 2.05) is 32.1 Å². The first-order valence-corrected chi connectivity index (χ1v) is 11.6. The highest BCUT2D eigenvalue weighted by Crippen LogP contribution is 2.28. The van der Waals surface area contributed by atoms with Crippen LogP contribution in [0.5, 0.6) is 0 Å². The number of nitrogens with one attached hydrogen (secondary N) is 3. The van der Waals surface area contributed by atoms with Crippen molar-refractivity contribution in [3.63, 3.8) is 0 Å². The Kier molecular flexibility index (Phi) is 10.5. The fourth-order valence-corrected chi connectivity index (χ4v) is 3.48. The first kappa shape index (κ1) is 28.4. The van der Waals surface area contributed by atoms with Gasteiger partial charge in [-0.3, -0.25) is 4.79 Å². The molecule has 2 rings (SSSR count). The quantitative estimate of drug-likeness (QED) is 0.215. The van der Waals surface area contributed by atoms with E-state index < -0.39 is 17.7 Å². The van der Waals surface area contributed by atoms with E-state index in [2.05, 4.69) is 35.7 Å². The van der Waals surface area contributed by atoms with Crippen molar-refractivity contribution in [3.05, 3.63) is 121 Å². The van der Waals surface area contributed by atoms with Gasteiger partial charge in [0.1, 0.15) is 5.70 Å². The average Bonchev–Trinajstić information content (AvgIpc) is 2.85. The molecule has 7 heteroatoms. The van der Waals surface area contributed by atoms with Gasteiger partial charge in [0.25, 0.3) is 5.91 Å². The zero-order valence-electron chi connectivity index (χ0n) is 20.6. The minimum absolute atomic E-state index is 0.211. The summed E-state index contributed by atoms with van der Waals surface area (Å²) < 4.78 is 39.6. The fourth-order valence-electron chi connectivity index (χ4n) is 3.48. The number of carbonyl (C=O) groups is 1. The average molecular weight is 496 g/mol. The Bertz CT molecular complexity index is 1160. The number of amides is 1. The third kappa shape index (κ3) is 8.13. The van der Waals surface area contributed by atoms with E-state index in [0.29, 0.717) is 24.0 Å². The molecule has 0 aliphatic carbocycles. The normalized spacial score (nSPS) is 13.0. The zero-order chi connectivity index (χ0) is 26.7. The van der Waals surface area contributed by atoms with Gasteiger partial charge < -0.3 is 16.0 Å². The van der Waals surface area contributed by atoms with Crippen molar-refractivity contribution >= 4 is 17.3 Å². The smallest absolute Gasteiger partial charge is 0.351 e. The molecule has 0 heterocycles. The molecular formula is C29H32F3N3O. The van der Waals surface area contributed by atoms with Gasteiger partial charge in [-0.15, -0.1) is 0 Å². The molecule has 3 N–H and O–H groups in total. The lowest BCUT2D eigenvalue weighted by molar-refractivity contribution is -0.112. The van der Waals surface area contributed by atoms with E-state index in [1.54, 1.807) is 48.6 Å². The number of likely N-dealkylation sites (N-methyl/N-ethyl adjacent to an activating group) is 1. The number of carbonyl (C=O) groups excluding carboxylic acids is 1. The maximum Gasteiger partial charge on any atom is 0.415 e. The first-order valence-electron chi connectivity index (χ1n) is 11.6. The Balaban J connectivity index is 2.40. The molecule has 0 spiro atoms. The summed E-state index contributed by atoms with van der Waals surface area (Å²) >= 11 is 0. The molecule has 36 heavy (non-hydrogen) atoms. The lowest BCUT2D eigenvalue weighted by Gasteiger charge is -2.21. The van der Waals surface area contributed by atoms with Gasteiger partial charge in [-0.25, -0.2) is 0 Å². The number of aryl methyl sites for hydroxylation is 1. The highest BCUT2D eigenvalue weighted by atomic mass is 19.4. The van der Waals surface area contributed by atoms with Crippen molar-refractivity contribution in [2.45, 2.75) is 32.5 Å². The van der Waals surface area contributed by atoms with Gasteiger partial charge in [0.2, 0.25) is 0 Å².